The molecule has 0 atom stereocenters. The molecule has 0 rings (SSSR count). The molecule has 0 saturated carbocycles. The summed E-state index contributed by atoms with van der Waals surface area (Å²) in [7, 11) is 0. The molecule has 0 amide bonds. The monoisotopic (exact) mass is 230 g/mol. The van der Waals surface area contributed by atoms with E-state index >= 15 is 0 Å². The maximum absolute atomic E-state index is 8.63. The number of rotatable bonds is 11. The van der Waals surface area contributed by atoms with E-state index in [1.165, 1.54) is 0 Å². The molecule has 0 fully saturated rings. The van der Waals surface area contributed by atoms with E-state index in [0.29, 0.717) is 46.1 Å². The molecule has 0 aliphatic carbocycles. The van der Waals surface area contributed by atoms with Gasteiger partial charge in [-0.15, -0.1) is 0 Å². The number of hydrogen-bond acceptors (Lipinski definition) is 6. The average molecular weight is 230 g/mol. The fourth-order valence-electron chi connectivity index (χ4n) is 1.13. The van der Waals surface area contributed by atoms with Crippen LogP contribution in [-0.2, 0) is 9.47 Å². The fraction of sp³-hybridized carbons (Fsp3) is 0.900. The second kappa shape index (κ2) is 12.4. The Labute approximate surface area is 97.1 Å². The maximum atomic E-state index is 8.63. The largest absolute Gasteiger partial charge is 0.379 e. The highest BCUT2D eigenvalue weighted by Gasteiger charge is 2.03. The summed E-state index contributed by atoms with van der Waals surface area (Å²) in [4.78, 5) is 1.98. The van der Waals surface area contributed by atoms with Gasteiger partial charge in [0.05, 0.1) is 39.0 Å². The first-order valence-electron chi connectivity index (χ1n) is 5.50. The normalized spacial score (nSPS) is 10.6. The quantitative estimate of drug-likeness (QED) is 0.340. The standard InChI is InChI=1S/C10H22N4O2/c11-1-4-14(5-9-15-7-2-12)6-10-16-8-3-13/h2-10,12-13H2. The molecule has 4 N–H and O–H groups in total. The first-order valence-corrected chi connectivity index (χ1v) is 5.50. The van der Waals surface area contributed by atoms with Crippen LogP contribution in [0.2, 0.25) is 0 Å². The van der Waals surface area contributed by atoms with Gasteiger partial charge in [0.15, 0.2) is 0 Å². The SMILES string of the molecule is N#CCN(CCOCCN)CCOCCN. The zero-order valence-corrected chi connectivity index (χ0v) is 9.73. The minimum atomic E-state index is 0.387. The zero-order chi connectivity index (χ0) is 12.1. The summed E-state index contributed by atoms with van der Waals surface area (Å²) >= 11 is 0. The topological polar surface area (TPSA) is 97.5 Å². The fourth-order valence-corrected chi connectivity index (χ4v) is 1.13. The highest BCUT2D eigenvalue weighted by atomic mass is 16.5. The van der Waals surface area contributed by atoms with Gasteiger partial charge < -0.3 is 20.9 Å². The number of nitrogens with two attached hydrogens (primary N) is 2. The second-order valence-electron chi connectivity index (χ2n) is 3.24. The Morgan fingerprint density at radius 3 is 1.81 bits per heavy atom. The van der Waals surface area contributed by atoms with Crippen molar-refractivity contribution in [3.63, 3.8) is 0 Å². The van der Waals surface area contributed by atoms with E-state index in [2.05, 4.69) is 6.07 Å². The molecule has 0 bridgehead atoms. The van der Waals surface area contributed by atoms with Gasteiger partial charge in [-0.1, -0.05) is 0 Å². The summed E-state index contributed by atoms with van der Waals surface area (Å²) in [6.45, 7) is 5.19. The van der Waals surface area contributed by atoms with Gasteiger partial charge >= 0.3 is 0 Å². The van der Waals surface area contributed by atoms with Gasteiger partial charge in [-0.25, -0.2) is 0 Å². The van der Waals surface area contributed by atoms with Gasteiger partial charge in [-0.2, -0.15) is 5.26 Å². The van der Waals surface area contributed by atoms with Crippen molar-refractivity contribution in [2.24, 2.45) is 11.5 Å². The molecule has 0 spiro atoms. The van der Waals surface area contributed by atoms with Crippen LogP contribution >= 0.6 is 0 Å². The summed E-state index contributed by atoms with van der Waals surface area (Å²) in [5.41, 5.74) is 10.6. The first kappa shape index (κ1) is 15.3. The number of hydrogen-bond donors (Lipinski definition) is 2. The predicted molar refractivity (Wildman–Crippen MR) is 61.8 cm³/mol. The van der Waals surface area contributed by atoms with Crippen molar-refractivity contribution >= 4 is 0 Å². The van der Waals surface area contributed by atoms with E-state index < -0.39 is 0 Å². The Hall–Kier alpha value is -0.710. The smallest absolute Gasteiger partial charge is 0.0867 e. The van der Waals surface area contributed by atoms with Crippen molar-refractivity contribution in [3.8, 4) is 6.07 Å². The third-order valence-electron chi connectivity index (χ3n) is 1.92. The van der Waals surface area contributed by atoms with Gasteiger partial charge in [0.2, 0.25) is 0 Å². The van der Waals surface area contributed by atoms with Crippen LogP contribution in [-0.4, -0.2) is 64.1 Å². The molecule has 6 nitrogen and oxygen atoms in total. The van der Waals surface area contributed by atoms with Crippen LogP contribution in [0.1, 0.15) is 0 Å². The summed E-state index contributed by atoms with van der Waals surface area (Å²) in [5, 5.41) is 8.63. The predicted octanol–water partition coefficient (Wildman–Crippen LogP) is -1.24. The highest BCUT2D eigenvalue weighted by molar-refractivity contribution is 4.76. The molecule has 0 heterocycles. The lowest BCUT2D eigenvalue weighted by Gasteiger charge is -2.18. The van der Waals surface area contributed by atoms with Crippen LogP contribution in [0.15, 0.2) is 0 Å². The molecule has 0 aromatic heterocycles. The Balaban J connectivity index is 3.50. The average Bonchev–Trinajstić information content (AvgIpc) is 2.30. The Kier molecular flexibility index (Phi) is 11.8. The first-order chi connectivity index (χ1) is 7.85. The van der Waals surface area contributed by atoms with E-state index in [4.69, 9.17) is 26.2 Å². The Morgan fingerprint density at radius 1 is 0.938 bits per heavy atom. The summed E-state index contributed by atoms with van der Waals surface area (Å²) in [6, 6.07) is 2.12. The molecule has 94 valence electrons. The minimum Gasteiger partial charge on any atom is -0.379 e. The maximum Gasteiger partial charge on any atom is 0.0867 e. The lowest BCUT2D eigenvalue weighted by molar-refractivity contribution is 0.0845. The number of nitriles is 1. The highest BCUT2D eigenvalue weighted by Crippen LogP contribution is 1.89. The summed E-state index contributed by atoms with van der Waals surface area (Å²) in [6.07, 6.45) is 0. The minimum absolute atomic E-state index is 0.387. The molecule has 0 unspecified atom stereocenters. The lowest BCUT2D eigenvalue weighted by atomic mass is 10.4. The molecule has 0 aliphatic heterocycles. The van der Waals surface area contributed by atoms with Crippen LogP contribution in [0.3, 0.4) is 0 Å². The van der Waals surface area contributed by atoms with Gasteiger partial charge in [0.25, 0.3) is 0 Å². The van der Waals surface area contributed by atoms with Gasteiger partial charge in [-0.3, -0.25) is 4.90 Å². The molecule has 0 aromatic carbocycles. The summed E-state index contributed by atoms with van der Waals surface area (Å²) < 4.78 is 10.5. The molecule has 16 heavy (non-hydrogen) atoms. The van der Waals surface area contributed by atoms with Crippen molar-refractivity contribution in [2.75, 3.05) is 59.2 Å². The molecular weight excluding hydrogens is 208 g/mol. The van der Waals surface area contributed by atoms with Gasteiger partial charge in [0.1, 0.15) is 0 Å². The van der Waals surface area contributed by atoms with Crippen LogP contribution in [0.5, 0.6) is 0 Å². The van der Waals surface area contributed by atoms with Crippen LogP contribution in [0.4, 0.5) is 0 Å². The molecule has 0 aromatic rings. The third kappa shape index (κ3) is 9.83. The van der Waals surface area contributed by atoms with E-state index in [1.54, 1.807) is 0 Å². The van der Waals surface area contributed by atoms with Crippen LogP contribution < -0.4 is 11.5 Å². The Bertz CT molecular complexity index is 172. The van der Waals surface area contributed by atoms with Gasteiger partial charge in [0, 0.05) is 26.2 Å². The Morgan fingerprint density at radius 2 is 1.44 bits per heavy atom. The van der Waals surface area contributed by atoms with Crippen molar-refractivity contribution < 1.29 is 9.47 Å². The number of ether oxygens (including phenoxy) is 2. The van der Waals surface area contributed by atoms with Gasteiger partial charge in [-0.05, 0) is 0 Å². The third-order valence-corrected chi connectivity index (χ3v) is 1.92. The zero-order valence-electron chi connectivity index (χ0n) is 9.73. The lowest BCUT2D eigenvalue weighted by Crippen LogP contribution is -2.32. The van der Waals surface area contributed by atoms with Crippen molar-refractivity contribution in [1.82, 2.24) is 4.90 Å². The van der Waals surface area contributed by atoms with Crippen molar-refractivity contribution in [2.45, 2.75) is 0 Å². The van der Waals surface area contributed by atoms with E-state index in [9.17, 15) is 0 Å². The van der Waals surface area contributed by atoms with Crippen molar-refractivity contribution in [1.29, 1.82) is 5.26 Å². The summed E-state index contributed by atoms with van der Waals surface area (Å²) in [5.74, 6) is 0. The second-order valence-corrected chi connectivity index (χ2v) is 3.24. The van der Waals surface area contributed by atoms with Crippen LogP contribution in [0.25, 0.3) is 0 Å². The number of nitrogens with zero attached hydrogens (tertiary/aromatic N) is 2. The van der Waals surface area contributed by atoms with Crippen molar-refractivity contribution in [3.05, 3.63) is 0 Å². The molecular formula is C10H22N4O2. The molecule has 0 radical (unpaired) electrons. The van der Waals surface area contributed by atoms with E-state index in [-0.39, 0.29) is 0 Å². The molecule has 0 aliphatic rings. The van der Waals surface area contributed by atoms with Crippen LogP contribution in [0, 0.1) is 11.3 Å². The van der Waals surface area contributed by atoms with E-state index in [1.807, 2.05) is 4.90 Å². The van der Waals surface area contributed by atoms with E-state index in [0.717, 1.165) is 13.1 Å². The molecule has 0 saturated heterocycles. The molecule has 6 heteroatoms.